The average molecular weight is 1700 g/mol. The van der Waals surface area contributed by atoms with Crippen LogP contribution in [-0.2, 0) is 60.4 Å². The number of benzene rings is 4. The Balaban J connectivity index is 0.676. The van der Waals surface area contributed by atoms with Gasteiger partial charge >= 0.3 is 23.9 Å². The topological polar surface area (TPSA) is 142 Å². The monoisotopic (exact) mass is 1700 g/mol. The molecule has 124 heavy (non-hydrogen) atoms. The lowest BCUT2D eigenvalue weighted by atomic mass is 9.65. The van der Waals surface area contributed by atoms with Gasteiger partial charge in [0.1, 0.15) is 22.7 Å². The summed E-state index contributed by atoms with van der Waals surface area (Å²) in [6, 6.07) is 34.0. The van der Waals surface area contributed by atoms with Crippen molar-refractivity contribution in [3.05, 3.63) is 156 Å². The smallest absolute Gasteiger partial charge is 0.339 e. The lowest BCUT2D eigenvalue weighted by Gasteiger charge is -2.45. The van der Waals surface area contributed by atoms with Gasteiger partial charge in [0.2, 0.25) is 0 Å². The van der Waals surface area contributed by atoms with Crippen LogP contribution in [0.15, 0.2) is 122 Å². The summed E-state index contributed by atoms with van der Waals surface area (Å²) in [6.07, 6.45) is 65.9. The summed E-state index contributed by atoms with van der Waals surface area (Å²) >= 11 is 0. The largest absolute Gasteiger partial charge is 0.494 e. The zero-order valence-electron chi connectivity index (χ0n) is 78.1. The number of unbranched alkanes of at least 4 members (excludes halogenated alkanes) is 11. The van der Waals surface area contributed by atoms with E-state index in [0.29, 0.717) is 49.4 Å². The molecule has 4 aromatic carbocycles. The van der Waals surface area contributed by atoms with E-state index < -0.39 is 11.2 Å². The molecule has 0 saturated heterocycles. The first-order valence-electron chi connectivity index (χ1n) is 51.7. The van der Waals surface area contributed by atoms with Crippen molar-refractivity contribution in [3.63, 3.8) is 0 Å². The molecule has 0 spiro atoms. The van der Waals surface area contributed by atoms with Crippen molar-refractivity contribution in [1.82, 2.24) is 0 Å². The fourth-order valence-electron chi connectivity index (χ4n) is 25.1. The molecular formula is C112H166O12. The number of hydrogen-bond donors (Lipinski definition) is 0. The maximum atomic E-state index is 14.6. The van der Waals surface area contributed by atoms with E-state index in [0.717, 1.165) is 249 Å². The van der Waals surface area contributed by atoms with E-state index in [-0.39, 0.29) is 35.1 Å². The second-order valence-electron chi connectivity index (χ2n) is 40.7. The van der Waals surface area contributed by atoms with Gasteiger partial charge in [-0.25, -0.2) is 19.2 Å². The molecule has 0 radical (unpaired) electrons. The molecule has 8 saturated carbocycles. The van der Waals surface area contributed by atoms with Crippen LogP contribution in [0, 0.1) is 71.0 Å². The van der Waals surface area contributed by atoms with Crippen LogP contribution < -0.4 is 9.47 Å². The minimum Gasteiger partial charge on any atom is -0.494 e. The maximum absolute atomic E-state index is 14.6. The van der Waals surface area contributed by atoms with Crippen LogP contribution >= 0.6 is 0 Å². The van der Waals surface area contributed by atoms with Crippen molar-refractivity contribution in [3.8, 4) is 11.5 Å². The van der Waals surface area contributed by atoms with Gasteiger partial charge in [-0.15, -0.1) is 0 Å². The number of carbonyl (C=O) groups is 4. The van der Waals surface area contributed by atoms with E-state index in [4.69, 9.17) is 37.9 Å². The predicted molar refractivity (Wildman–Crippen MR) is 502 cm³/mol. The Labute approximate surface area is 751 Å². The van der Waals surface area contributed by atoms with E-state index in [1.165, 1.54) is 216 Å². The van der Waals surface area contributed by atoms with Crippen LogP contribution in [0.3, 0.4) is 0 Å². The van der Waals surface area contributed by atoms with Crippen molar-refractivity contribution in [1.29, 1.82) is 0 Å². The zero-order chi connectivity index (χ0) is 86.7. The van der Waals surface area contributed by atoms with Gasteiger partial charge in [0.25, 0.3) is 0 Å². The first kappa shape index (κ1) is 96.8. The lowest BCUT2D eigenvalue weighted by Crippen LogP contribution is -2.39. The lowest BCUT2D eigenvalue weighted by molar-refractivity contribution is -0.138. The number of carbonyl (C=O) groups excluding carboxylic acids is 4. The van der Waals surface area contributed by atoms with E-state index >= 15 is 0 Å². The Morgan fingerprint density at radius 1 is 0.282 bits per heavy atom. The Kier molecular flexibility index (Phi) is 39.6. The Bertz CT molecular complexity index is 3480. The van der Waals surface area contributed by atoms with Crippen LogP contribution in [0.5, 0.6) is 11.5 Å². The van der Waals surface area contributed by atoms with Crippen LogP contribution in [0.2, 0.25) is 0 Å². The Morgan fingerprint density at radius 2 is 0.508 bits per heavy atom. The fraction of sp³-hybridized carbons (Fsp3) is 0.714. The van der Waals surface area contributed by atoms with Crippen LogP contribution in [0.1, 0.15) is 417 Å². The highest BCUT2D eigenvalue weighted by Crippen LogP contribution is 2.55. The summed E-state index contributed by atoms with van der Waals surface area (Å²) in [5, 5.41) is 0. The fourth-order valence-corrected chi connectivity index (χ4v) is 25.1. The Hall–Kier alpha value is -6.24. The summed E-state index contributed by atoms with van der Waals surface area (Å²) in [5.41, 5.74) is 3.88. The number of rotatable bonds is 49. The van der Waals surface area contributed by atoms with Gasteiger partial charge in [-0.05, 0) is 360 Å². The molecule has 686 valence electrons. The molecule has 12 nitrogen and oxygen atoms in total. The molecule has 0 atom stereocenters. The number of ether oxygens (including phenoxy) is 8. The number of hydrogen-bond acceptors (Lipinski definition) is 12. The first-order valence-corrected chi connectivity index (χ1v) is 51.7. The average Bonchev–Trinajstić information content (AvgIpc) is 0.767. The van der Waals surface area contributed by atoms with E-state index in [9.17, 15) is 19.2 Å². The van der Waals surface area contributed by atoms with E-state index in [1.807, 2.05) is 48.5 Å². The highest BCUT2D eigenvalue weighted by molar-refractivity contribution is 5.90. The molecule has 0 heterocycles. The maximum Gasteiger partial charge on any atom is 0.339 e. The minimum atomic E-state index is -0.707. The normalized spacial score (nSPS) is 29.2. The molecule has 8 aliphatic carbocycles. The van der Waals surface area contributed by atoms with Gasteiger partial charge in [0, 0.05) is 25.4 Å². The molecule has 4 aromatic rings. The van der Waals surface area contributed by atoms with Crippen molar-refractivity contribution < 1.29 is 57.1 Å². The minimum absolute atomic E-state index is 0.264. The third-order valence-corrected chi connectivity index (χ3v) is 32.7. The van der Waals surface area contributed by atoms with Crippen LogP contribution in [0.25, 0.3) is 0 Å². The summed E-state index contributed by atoms with van der Waals surface area (Å²) in [7, 11) is 0. The summed E-state index contributed by atoms with van der Waals surface area (Å²) in [4.78, 5) is 52.1. The molecule has 12 heteroatoms. The summed E-state index contributed by atoms with van der Waals surface area (Å²) < 4.78 is 51.4. The highest BCUT2D eigenvalue weighted by Gasteiger charge is 2.48. The van der Waals surface area contributed by atoms with E-state index in [1.54, 1.807) is 0 Å². The summed E-state index contributed by atoms with van der Waals surface area (Å²) in [6.45, 7) is 19.8. The Morgan fingerprint density at radius 3 is 0.766 bits per heavy atom. The predicted octanol–water partition coefficient (Wildman–Crippen LogP) is 29.8. The van der Waals surface area contributed by atoms with Gasteiger partial charge in [-0.3, -0.25) is 0 Å². The van der Waals surface area contributed by atoms with Crippen molar-refractivity contribution in [2.24, 2.45) is 71.0 Å². The van der Waals surface area contributed by atoms with Crippen LogP contribution in [0.4, 0.5) is 0 Å². The molecule has 12 rings (SSSR count). The molecule has 0 bridgehead atoms. The first-order chi connectivity index (χ1) is 60.7. The molecule has 8 fully saturated rings. The van der Waals surface area contributed by atoms with Gasteiger partial charge in [-0.1, -0.05) is 218 Å². The molecular weight excluding hydrogens is 1540 g/mol. The van der Waals surface area contributed by atoms with Crippen molar-refractivity contribution >= 4 is 23.9 Å². The molecule has 0 aliphatic heterocycles. The standard InChI is InChI=1S/C112H166O12/c1-7-27-85-31-39-89(40-32-85)93-63-71-109(72-64-93,99-51-55-101(56-52-99)111(75-67-95(68-76-111)91-43-35-87(29-9-3)36-44-91)123-107(115)97-47-59-103(60-48-97)117-79-21-17-19-23-81-119-105(113)11-5)121-83-25-15-13-14-16-26-84-122-110(73-65-94(66-74-110)90-41-33-86(28-8-2)34-42-90)100-53-57-102(58-54-100)112(77-69-96(70-78-112)92-45-37-88(30-10-4)38-46-92)124-108(116)98-49-61-104(62-50-98)118-80-22-18-20-24-82-120-106(114)12-6/h11-12,47-62,85-96H,5-10,13-46,63-84H2,1-4H3. The quantitative estimate of drug-likeness (QED) is 0.0180. The second-order valence-corrected chi connectivity index (χ2v) is 40.7. The molecule has 0 N–H and O–H groups in total. The van der Waals surface area contributed by atoms with Crippen molar-refractivity contribution in [2.45, 2.75) is 397 Å². The summed E-state index contributed by atoms with van der Waals surface area (Å²) in [5.74, 6) is 9.86. The third-order valence-electron chi connectivity index (χ3n) is 32.7. The zero-order valence-corrected chi connectivity index (χ0v) is 78.1. The van der Waals surface area contributed by atoms with Gasteiger partial charge in [0.15, 0.2) is 0 Å². The SMILES string of the molecule is C=CC(=O)OCCCCCCOc1ccc(C(=O)OC2(c3ccc(C4(OCCCCCCCCOC5(c6ccc(C7(OC(=O)c8ccc(OCCCCCCOC(=O)C=C)cc8)CCC(C8CCC(CCC)CC8)CC7)cc6)CCC(C6CCC(CCC)CC6)CC5)CCC(C5CCC(CCC)CC5)CC4)cc3)CCC(C3CCC(CCC)CC3)CC2)cc1. The van der Waals surface area contributed by atoms with Crippen LogP contribution in [-0.4, -0.2) is 63.5 Å². The second kappa shape index (κ2) is 50.6. The number of esters is 4. The van der Waals surface area contributed by atoms with Gasteiger partial charge in [0.05, 0.1) is 48.8 Å². The molecule has 0 unspecified atom stereocenters. The van der Waals surface area contributed by atoms with E-state index in [2.05, 4.69) is 89.4 Å². The van der Waals surface area contributed by atoms with Gasteiger partial charge in [-0.2, -0.15) is 0 Å². The van der Waals surface area contributed by atoms with Gasteiger partial charge < -0.3 is 37.9 Å². The molecule has 0 aromatic heterocycles. The third kappa shape index (κ3) is 28.1. The molecule has 0 amide bonds. The molecule has 8 aliphatic rings. The van der Waals surface area contributed by atoms with Crippen molar-refractivity contribution in [2.75, 3.05) is 39.6 Å². The highest BCUT2D eigenvalue weighted by atomic mass is 16.6.